The molecule has 1 fully saturated rings. The molecule has 8 heteroatoms. The number of pyridine rings is 1. The molecular formula is C21H27N5O3. The molecule has 3 rings (SSSR count). The minimum absolute atomic E-state index is 0.264. The largest absolute Gasteiger partial charge is 0.453 e. The van der Waals surface area contributed by atoms with E-state index in [0.717, 1.165) is 30.9 Å². The standard InChI is InChI=1S/C21H27N5O3/c1-16-6-7-19(14-22-16)24-20(27)23-13-17-4-3-5-18(12-17)15-25-8-10-26(11-9-25)21(28)29-2/h3-7,12,14H,8-11,13,15H2,1-2H3,(H2,23,24,27). The van der Waals surface area contributed by atoms with E-state index < -0.39 is 0 Å². The molecule has 29 heavy (non-hydrogen) atoms. The van der Waals surface area contributed by atoms with Crippen molar-refractivity contribution in [2.75, 3.05) is 38.6 Å². The number of anilines is 1. The van der Waals surface area contributed by atoms with Crippen LogP contribution in [0.25, 0.3) is 0 Å². The zero-order chi connectivity index (χ0) is 20.6. The maximum atomic E-state index is 12.1. The molecule has 154 valence electrons. The molecular weight excluding hydrogens is 370 g/mol. The van der Waals surface area contributed by atoms with Gasteiger partial charge in [-0.25, -0.2) is 9.59 Å². The predicted molar refractivity (Wildman–Crippen MR) is 111 cm³/mol. The third-order valence-corrected chi connectivity index (χ3v) is 4.82. The van der Waals surface area contributed by atoms with Gasteiger partial charge in [-0.3, -0.25) is 9.88 Å². The average molecular weight is 397 g/mol. The van der Waals surface area contributed by atoms with Crippen LogP contribution in [-0.2, 0) is 17.8 Å². The van der Waals surface area contributed by atoms with Crippen molar-refractivity contribution in [2.24, 2.45) is 0 Å². The van der Waals surface area contributed by atoms with E-state index in [9.17, 15) is 9.59 Å². The lowest BCUT2D eigenvalue weighted by atomic mass is 10.1. The fourth-order valence-corrected chi connectivity index (χ4v) is 3.21. The highest BCUT2D eigenvalue weighted by Gasteiger charge is 2.21. The van der Waals surface area contributed by atoms with E-state index in [1.165, 1.54) is 12.7 Å². The van der Waals surface area contributed by atoms with Gasteiger partial charge in [0.15, 0.2) is 0 Å². The number of carbonyl (C=O) groups excluding carboxylic acids is 2. The Hall–Kier alpha value is -3.13. The van der Waals surface area contributed by atoms with E-state index in [1.54, 1.807) is 11.1 Å². The Bertz CT molecular complexity index is 832. The van der Waals surface area contributed by atoms with Crippen LogP contribution < -0.4 is 10.6 Å². The minimum Gasteiger partial charge on any atom is -0.453 e. The molecule has 0 radical (unpaired) electrons. The summed E-state index contributed by atoms with van der Waals surface area (Å²) in [6.45, 7) is 6.11. The van der Waals surface area contributed by atoms with E-state index in [-0.39, 0.29) is 12.1 Å². The van der Waals surface area contributed by atoms with E-state index in [1.807, 2.05) is 31.2 Å². The number of carbonyl (C=O) groups is 2. The van der Waals surface area contributed by atoms with Crippen LogP contribution in [0.15, 0.2) is 42.6 Å². The summed E-state index contributed by atoms with van der Waals surface area (Å²) in [6.07, 6.45) is 1.37. The van der Waals surface area contributed by atoms with Crippen LogP contribution >= 0.6 is 0 Å². The zero-order valence-corrected chi connectivity index (χ0v) is 16.9. The minimum atomic E-state index is -0.266. The van der Waals surface area contributed by atoms with Gasteiger partial charge in [0.05, 0.1) is 19.0 Å². The summed E-state index contributed by atoms with van der Waals surface area (Å²) in [5.41, 5.74) is 3.78. The fraction of sp³-hybridized carbons (Fsp3) is 0.381. The van der Waals surface area contributed by atoms with Gasteiger partial charge in [0, 0.05) is 45.0 Å². The average Bonchev–Trinajstić information content (AvgIpc) is 2.74. The van der Waals surface area contributed by atoms with Crippen molar-refractivity contribution in [1.82, 2.24) is 20.1 Å². The lowest BCUT2D eigenvalue weighted by Crippen LogP contribution is -2.48. The van der Waals surface area contributed by atoms with E-state index in [0.29, 0.717) is 25.3 Å². The molecule has 1 aromatic carbocycles. The lowest BCUT2D eigenvalue weighted by molar-refractivity contribution is 0.0889. The number of piperazine rings is 1. The van der Waals surface area contributed by atoms with Gasteiger partial charge in [0.25, 0.3) is 0 Å². The van der Waals surface area contributed by atoms with Crippen molar-refractivity contribution in [2.45, 2.75) is 20.0 Å². The Labute approximate surface area is 170 Å². The second kappa shape index (κ2) is 9.88. The first-order valence-corrected chi connectivity index (χ1v) is 9.64. The topological polar surface area (TPSA) is 86.8 Å². The van der Waals surface area contributed by atoms with Crippen LogP contribution in [0.3, 0.4) is 0 Å². The number of methoxy groups -OCH3 is 1. The second-order valence-electron chi connectivity index (χ2n) is 7.05. The third-order valence-electron chi connectivity index (χ3n) is 4.82. The number of amides is 3. The van der Waals surface area contributed by atoms with Gasteiger partial charge in [-0.15, -0.1) is 0 Å². The number of rotatable bonds is 5. The Morgan fingerprint density at radius 3 is 2.55 bits per heavy atom. The first-order valence-electron chi connectivity index (χ1n) is 9.64. The number of aryl methyl sites for hydroxylation is 1. The van der Waals surface area contributed by atoms with Crippen molar-refractivity contribution >= 4 is 17.8 Å². The molecule has 0 unspecified atom stereocenters. The van der Waals surface area contributed by atoms with Crippen molar-refractivity contribution < 1.29 is 14.3 Å². The molecule has 0 atom stereocenters. The summed E-state index contributed by atoms with van der Waals surface area (Å²) in [5.74, 6) is 0. The molecule has 0 spiro atoms. The van der Waals surface area contributed by atoms with Gasteiger partial charge in [-0.1, -0.05) is 24.3 Å². The highest BCUT2D eigenvalue weighted by Crippen LogP contribution is 2.12. The van der Waals surface area contributed by atoms with Gasteiger partial charge in [0.2, 0.25) is 0 Å². The Morgan fingerprint density at radius 2 is 1.86 bits per heavy atom. The summed E-state index contributed by atoms with van der Waals surface area (Å²) in [4.78, 5) is 31.8. The molecule has 0 bridgehead atoms. The maximum Gasteiger partial charge on any atom is 0.409 e. The van der Waals surface area contributed by atoms with E-state index >= 15 is 0 Å². The number of benzene rings is 1. The van der Waals surface area contributed by atoms with Crippen LogP contribution in [-0.4, -0.2) is 60.2 Å². The monoisotopic (exact) mass is 397 g/mol. The van der Waals surface area contributed by atoms with Gasteiger partial charge >= 0.3 is 12.1 Å². The number of nitrogens with one attached hydrogen (secondary N) is 2. The molecule has 3 amide bonds. The predicted octanol–water partition coefficient (Wildman–Crippen LogP) is 2.60. The number of aromatic nitrogens is 1. The molecule has 1 aromatic heterocycles. The smallest absolute Gasteiger partial charge is 0.409 e. The van der Waals surface area contributed by atoms with Crippen LogP contribution in [0.1, 0.15) is 16.8 Å². The highest BCUT2D eigenvalue weighted by atomic mass is 16.5. The van der Waals surface area contributed by atoms with E-state index in [2.05, 4.69) is 32.7 Å². The fourth-order valence-electron chi connectivity index (χ4n) is 3.21. The van der Waals surface area contributed by atoms with Gasteiger partial charge in [-0.2, -0.15) is 0 Å². The molecule has 8 nitrogen and oxygen atoms in total. The number of nitrogens with zero attached hydrogens (tertiary/aromatic N) is 3. The Balaban J connectivity index is 1.46. The molecule has 2 aromatic rings. The SMILES string of the molecule is COC(=O)N1CCN(Cc2cccc(CNC(=O)Nc3ccc(C)nc3)c2)CC1. The van der Waals surface area contributed by atoms with Crippen LogP contribution in [0, 0.1) is 6.92 Å². The van der Waals surface area contributed by atoms with Crippen LogP contribution in [0.4, 0.5) is 15.3 Å². The number of urea groups is 1. The number of ether oxygens (including phenoxy) is 1. The van der Waals surface area contributed by atoms with Gasteiger partial charge in [0.1, 0.15) is 0 Å². The molecule has 0 saturated carbocycles. The Kier molecular flexibility index (Phi) is 7.02. The molecule has 0 aliphatic carbocycles. The second-order valence-corrected chi connectivity index (χ2v) is 7.05. The summed E-state index contributed by atoms with van der Waals surface area (Å²) in [5, 5.41) is 5.64. The molecule has 2 N–H and O–H groups in total. The van der Waals surface area contributed by atoms with Gasteiger partial charge in [-0.05, 0) is 30.2 Å². The highest BCUT2D eigenvalue weighted by molar-refractivity contribution is 5.88. The van der Waals surface area contributed by atoms with E-state index in [4.69, 9.17) is 4.74 Å². The quantitative estimate of drug-likeness (QED) is 0.810. The molecule has 2 heterocycles. The Morgan fingerprint density at radius 1 is 1.10 bits per heavy atom. The zero-order valence-electron chi connectivity index (χ0n) is 16.9. The van der Waals surface area contributed by atoms with Crippen molar-refractivity contribution in [3.8, 4) is 0 Å². The summed E-state index contributed by atoms with van der Waals surface area (Å²) >= 11 is 0. The molecule has 1 aliphatic rings. The summed E-state index contributed by atoms with van der Waals surface area (Å²) in [6, 6.07) is 11.6. The van der Waals surface area contributed by atoms with Crippen molar-refractivity contribution in [1.29, 1.82) is 0 Å². The van der Waals surface area contributed by atoms with Crippen molar-refractivity contribution in [3.63, 3.8) is 0 Å². The van der Waals surface area contributed by atoms with Gasteiger partial charge < -0.3 is 20.3 Å². The number of hydrogen-bond donors (Lipinski definition) is 2. The first kappa shape index (κ1) is 20.6. The summed E-state index contributed by atoms with van der Waals surface area (Å²) in [7, 11) is 1.41. The molecule has 1 saturated heterocycles. The van der Waals surface area contributed by atoms with Crippen LogP contribution in [0.5, 0.6) is 0 Å². The first-order chi connectivity index (χ1) is 14.0. The third kappa shape index (κ3) is 6.18. The summed E-state index contributed by atoms with van der Waals surface area (Å²) < 4.78 is 4.77. The maximum absolute atomic E-state index is 12.1. The number of hydrogen-bond acceptors (Lipinski definition) is 5. The normalized spacial score (nSPS) is 14.3. The van der Waals surface area contributed by atoms with Crippen LogP contribution in [0.2, 0.25) is 0 Å². The molecule has 1 aliphatic heterocycles. The lowest BCUT2D eigenvalue weighted by Gasteiger charge is -2.33. The van der Waals surface area contributed by atoms with Crippen molar-refractivity contribution in [3.05, 3.63) is 59.4 Å².